The number of carbonyl (C=O) groups excluding carboxylic acids is 4. The number of benzene rings is 2. The first-order valence-corrected chi connectivity index (χ1v) is 19.9. The molecule has 8 atom stereocenters. The van der Waals surface area contributed by atoms with Crippen molar-refractivity contribution in [3.63, 3.8) is 0 Å². The molecule has 6 fully saturated rings. The standard InChI is InChI=1S/C42H46N8O6/c1-55-41(53)47-35(25-11-12-25)39(51)49-31-15-27(31)17-33(49)37-43-19-29(45-37)23-7-3-21(4-8-23)22-5-9-24(10-6-22)30-20-44-38(46-30)34-18-28-16-32(28)50(34)40(52)36(26-13-14-26)48-42(54)56-2/h3-10,19-20,25-28,31-36H,11-18H2,1-2H3,(H,43,45)(H,44,46)(H,47,53)(H,48,54)/t27-,28-,31-,32-,33-,34-,35-,36-/m0/s1. The van der Waals surface area contributed by atoms with Gasteiger partial charge in [0, 0.05) is 12.1 Å². The van der Waals surface area contributed by atoms with E-state index < -0.39 is 24.3 Å². The average Bonchev–Trinajstić information content (AvgIpc) is 4.19. The summed E-state index contributed by atoms with van der Waals surface area (Å²) in [5, 5.41) is 5.59. The Labute approximate surface area is 324 Å². The number of hydrogen-bond acceptors (Lipinski definition) is 8. The summed E-state index contributed by atoms with van der Waals surface area (Å²) in [6.45, 7) is 0. The van der Waals surface area contributed by atoms with Crippen LogP contribution in [-0.4, -0.2) is 92.1 Å². The van der Waals surface area contributed by atoms with Crippen molar-refractivity contribution in [1.82, 2.24) is 40.4 Å². The van der Waals surface area contributed by atoms with Crippen LogP contribution in [0.2, 0.25) is 0 Å². The predicted octanol–water partition coefficient (Wildman–Crippen LogP) is 5.73. The van der Waals surface area contributed by atoms with E-state index >= 15 is 0 Å². The van der Waals surface area contributed by atoms with E-state index in [9.17, 15) is 19.2 Å². The lowest BCUT2D eigenvalue weighted by Gasteiger charge is -2.30. The molecule has 0 radical (unpaired) electrons. The second-order valence-electron chi connectivity index (χ2n) is 16.5. The number of likely N-dealkylation sites (tertiary alicyclic amines) is 2. The minimum atomic E-state index is -0.571. The van der Waals surface area contributed by atoms with E-state index in [1.165, 1.54) is 14.2 Å². The van der Waals surface area contributed by atoms with Crippen molar-refractivity contribution in [2.45, 2.75) is 87.6 Å². The number of methoxy groups -OCH3 is 2. The highest BCUT2D eigenvalue weighted by Crippen LogP contribution is 2.55. The third kappa shape index (κ3) is 6.38. The minimum Gasteiger partial charge on any atom is -0.453 e. The molecule has 290 valence electrons. The van der Waals surface area contributed by atoms with Crippen molar-refractivity contribution in [1.29, 1.82) is 0 Å². The number of hydrogen-bond donors (Lipinski definition) is 4. The molecule has 0 spiro atoms. The fraction of sp³-hybridized carbons (Fsp3) is 0.476. The van der Waals surface area contributed by atoms with E-state index in [-0.39, 0.29) is 47.8 Å². The van der Waals surface area contributed by atoms with Crippen LogP contribution in [0.15, 0.2) is 60.9 Å². The summed E-state index contributed by atoms with van der Waals surface area (Å²) in [4.78, 5) is 72.2. The summed E-state index contributed by atoms with van der Waals surface area (Å²) in [6, 6.07) is 15.7. The second-order valence-corrected chi connectivity index (χ2v) is 16.5. The van der Waals surface area contributed by atoms with E-state index in [0.717, 1.165) is 96.7 Å². The normalized spacial score (nSPS) is 26.8. The van der Waals surface area contributed by atoms with Gasteiger partial charge in [0.15, 0.2) is 0 Å². The largest absolute Gasteiger partial charge is 0.453 e. The summed E-state index contributed by atoms with van der Waals surface area (Å²) in [7, 11) is 2.64. The van der Waals surface area contributed by atoms with Crippen LogP contribution < -0.4 is 10.6 Å². The molecule has 10 rings (SSSR count). The summed E-state index contributed by atoms with van der Waals surface area (Å²) >= 11 is 0. The fourth-order valence-corrected chi connectivity index (χ4v) is 9.34. The monoisotopic (exact) mass is 758 g/mol. The number of fused-ring (bicyclic) bond motifs is 2. The van der Waals surface area contributed by atoms with E-state index in [0.29, 0.717) is 11.8 Å². The van der Waals surface area contributed by atoms with Gasteiger partial charge in [0.1, 0.15) is 23.7 Å². The zero-order valence-electron chi connectivity index (χ0n) is 31.4. The quantitative estimate of drug-likeness (QED) is 0.150. The van der Waals surface area contributed by atoms with Gasteiger partial charge in [0.05, 0.1) is 50.1 Å². The number of rotatable bonds is 11. The lowest BCUT2D eigenvalue weighted by molar-refractivity contribution is -0.136. The van der Waals surface area contributed by atoms with Gasteiger partial charge in [-0.3, -0.25) is 9.59 Å². The number of ether oxygens (including phenoxy) is 2. The Kier molecular flexibility index (Phi) is 8.40. The Balaban J connectivity index is 0.804. The highest BCUT2D eigenvalue weighted by Gasteiger charge is 2.58. The van der Waals surface area contributed by atoms with Crippen molar-refractivity contribution < 1.29 is 28.7 Å². The molecule has 0 unspecified atom stereocenters. The third-order valence-corrected chi connectivity index (χ3v) is 12.9. The van der Waals surface area contributed by atoms with Crippen LogP contribution in [-0.2, 0) is 19.1 Å². The number of carbonyl (C=O) groups is 4. The van der Waals surface area contributed by atoms with Gasteiger partial charge < -0.3 is 39.9 Å². The van der Waals surface area contributed by atoms with Crippen molar-refractivity contribution in [3.8, 4) is 33.6 Å². The number of nitrogens with one attached hydrogen (secondary N) is 4. The number of H-pyrrole nitrogens is 2. The number of nitrogens with zero attached hydrogens (tertiary/aromatic N) is 4. The molecule has 2 saturated heterocycles. The van der Waals surface area contributed by atoms with Gasteiger partial charge in [-0.1, -0.05) is 48.5 Å². The molecule has 2 aliphatic heterocycles. The zero-order chi connectivity index (χ0) is 38.2. The molecule has 2 aromatic heterocycles. The Morgan fingerprint density at radius 2 is 0.982 bits per heavy atom. The molecule has 4 N–H and O–H groups in total. The van der Waals surface area contributed by atoms with Gasteiger partial charge in [-0.05, 0) is 97.3 Å². The molecule has 6 aliphatic rings. The lowest BCUT2D eigenvalue weighted by atomic mass is 10.0. The number of aromatic amines is 2. The van der Waals surface area contributed by atoms with Crippen molar-refractivity contribution in [2.24, 2.45) is 23.7 Å². The number of amides is 4. The first kappa shape index (κ1) is 34.8. The maximum atomic E-state index is 13.8. The SMILES string of the molecule is COC(=O)N[C@H](C(=O)N1[C@H](c2ncc(-c3ccc(-c4ccc(-c5cnc([C@@H]6C[C@@H]7C[C@@H]7N6C(=O)[C@@H](NC(=O)OC)C6CC6)[nH]5)cc4)cc3)[nH]2)C[C@@H]2C[C@@H]21)C1CC1. The van der Waals surface area contributed by atoms with Gasteiger partial charge in [-0.15, -0.1) is 0 Å². The molecular weight excluding hydrogens is 713 g/mol. The summed E-state index contributed by atoms with van der Waals surface area (Å²) in [6.07, 6.45) is 9.96. The molecule has 4 aromatic rings. The molecule has 4 heterocycles. The van der Waals surface area contributed by atoms with Gasteiger partial charge in [-0.2, -0.15) is 0 Å². The maximum Gasteiger partial charge on any atom is 0.407 e. The van der Waals surface area contributed by atoms with Crippen LogP contribution in [0.5, 0.6) is 0 Å². The first-order valence-electron chi connectivity index (χ1n) is 19.9. The molecular formula is C42H46N8O6. The molecule has 14 nitrogen and oxygen atoms in total. The number of alkyl carbamates (subject to hydrolysis) is 2. The Morgan fingerprint density at radius 3 is 1.34 bits per heavy atom. The molecule has 14 heteroatoms. The van der Waals surface area contributed by atoms with Crippen molar-refractivity contribution >= 4 is 24.0 Å². The van der Waals surface area contributed by atoms with Gasteiger partial charge in [-0.25, -0.2) is 19.6 Å². The number of piperidine rings is 2. The fourth-order valence-electron chi connectivity index (χ4n) is 9.34. The smallest absolute Gasteiger partial charge is 0.407 e. The number of aromatic nitrogens is 4. The van der Waals surface area contributed by atoms with Crippen LogP contribution in [0, 0.1) is 23.7 Å². The lowest BCUT2D eigenvalue weighted by Crippen LogP contribution is -2.50. The van der Waals surface area contributed by atoms with Crippen LogP contribution in [0.1, 0.15) is 75.1 Å². The average molecular weight is 759 g/mol. The molecule has 4 amide bonds. The topological polar surface area (TPSA) is 175 Å². The maximum absolute atomic E-state index is 13.8. The number of imidazole rings is 2. The minimum absolute atomic E-state index is 0.0360. The van der Waals surface area contributed by atoms with Crippen LogP contribution in [0.4, 0.5) is 9.59 Å². The van der Waals surface area contributed by atoms with Gasteiger partial charge in [0.2, 0.25) is 11.8 Å². The molecule has 56 heavy (non-hydrogen) atoms. The molecule has 0 bridgehead atoms. The van der Waals surface area contributed by atoms with E-state index in [4.69, 9.17) is 19.4 Å². The highest BCUT2D eigenvalue weighted by molar-refractivity contribution is 5.88. The van der Waals surface area contributed by atoms with E-state index in [1.54, 1.807) is 0 Å². The zero-order valence-corrected chi connectivity index (χ0v) is 31.4. The predicted molar refractivity (Wildman–Crippen MR) is 203 cm³/mol. The third-order valence-electron chi connectivity index (χ3n) is 12.9. The van der Waals surface area contributed by atoms with E-state index in [2.05, 4.69) is 69.1 Å². The summed E-state index contributed by atoms with van der Waals surface area (Å²) in [5.74, 6) is 2.73. The summed E-state index contributed by atoms with van der Waals surface area (Å²) < 4.78 is 9.64. The van der Waals surface area contributed by atoms with E-state index in [1.807, 2.05) is 22.2 Å². The first-order chi connectivity index (χ1) is 27.3. The summed E-state index contributed by atoms with van der Waals surface area (Å²) in [5.41, 5.74) is 5.93. The molecule has 4 saturated carbocycles. The Morgan fingerprint density at radius 1 is 0.607 bits per heavy atom. The van der Waals surface area contributed by atoms with Crippen molar-refractivity contribution in [3.05, 3.63) is 72.6 Å². The van der Waals surface area contributed by atoms with Crippen molar-refractivity contribution in [2.75, 3.05) is 14.2 Å². The molecule has 4 aliphatic carbocycles. The van der Waals surface area contributed by atoms with Gasteiger partial charge >= 0.3 is 12.2 Å². The van der Waals surface area contributed by atoms with Crippen LogP contribution >= 0.6 is 0 Å². The highest BCUT2D eigenvalue weighted by atomic mass is 16.5. The second kappa shape index (κ2) is 13.5. The van der Waals surface area contributed by atoms with Crippen LogP contribution in [0.3, 0.4) is 0 Å². The molecule has 2 aromatic carbocycles. The Bertz CT molecular complexity index is 2020. The van der Waals surface area contributed by atoms with Gasteiger partial charge in [0.25, 0.3) is 0 Å². The van der Waals surface area contributed by atoms with Crippen LogP contribution in [0.25, 0.3) is 33.6 Å². The Hall–Kier alpha value is -5.66.